The average Bonchev–Trinajstić information content (AvgIpc) is 2.95. The van der Waals surface area contributed by atoms with E-state index in [9.17, 15) is 9.59 Å². The molecule has 3 rings (SSSR count). The summed E-state index contributed by atoms with van der Waals surface area (Å²) in [6.45, 7) is 7.31. The lowest BCUT2D eigenvalue weighted by Crippen LogP contribution is -2.45. The molecular weight excluding hydrogens is 324 g/mol. The molecule has 1 atom stereocenters. The van der Waals surface area contributed by atoms with Crippen molar-refractivity contribution < 1.29 is 13.9 Å². The molecule has 0 unspecified atom stereocenters. The fraction of sp³-hybridized carbons (Fsp3) is 0.471. The van der Waals surface area contributed by atoms with Gasteiger partial charge in [0.05, 0.1) is 18.9 Å². The minimum absolute atomic E-state index is 0.0462. The molecule has 0 spiro atoms. The quantitative estimate of drug-likeness (QED) is 0.893. The highest BCUT2D eigenvalue weighted by molar-refractivity contribution is 5.80. The molecule has 0 bridgehead atoms. The molecule has 1 fully saturated rings. The third-order valence-corrected chi connectivity index (χ3v) is 4.33. The first kappa shape index (κ1) is 17.2. The Kier molecular flexibility index (Phi) is 4.63. The van der Waals surface area contributed by atoms with Gasteiger partial charge in [0.2, 0.25) is 5.91 Å². The van der Waals surface area contributed by atoms with Gasteiger partial charge in [-0.25, -0.2) is 4.68 Å². The summed E-state index contributed by atoms with van der Waals surface area (Å²) >= 11 is 0. The zero-order chi connectivity index (χ0) is 18.1. The lowest BCUT2D eigenvalue weighted by molar-refractivity contribution is -0.138. The van der Waals surface area contributed by atoms with E-state index in [1.807, 2.05) is 19.9 Å². The fourth-order valence-corrected chi connectivity index (χ4v) is 2.96. The Morgan fingerprint density at radius 2 is 1.96 bits per heavy atom. The SMILES string of the molecule is Cc1cc(-c2cc(N)c(=O)n([C@@H](C)C(=O)N3CCOCC3)n2)c(C)o1. The summed E-state index contributed by atoms with van der Waals surface area (Å²) < 4.78 is 11.9. The first-order chi connectivity index (χ1) is 11.9. The number of furan rings is 1. The van der Waals surface area contributed by atoms with Crippen molar-refractivity contribution in [3.63, 3.8) is 0 Å². The van der Waals surface area contributed by atoms with E-state index >= 15 is 0 Å². The normalized spacial score (nSPS) is 16.0. The van der Waals surface area contributed by atoms with E-state index in [4.69, 9.17) is 14.9 Å². The van der Waals surface area contributed by atoms with Crippen LogP contribution in [0.4, 0.5) is 5.69 Å². The Labute approximate surface area is 145 Å². The highest BCUT2D eigenvalue weighted by Gasteiger charge is 2.26. The van der Waals surface area contributed by atoms with Gasteiger partial charge in [-0.05, 0) is 32.9 Å². The third-order valence-electron chi connectivity index (χ3n) is 4.33. The molecule has 0 radical (unpaired) electrons. The lowest BCUT2D eigenvalue weighted by Gasteiger charge is -2.29. The Morgan fingerprint density at radius 3 is 2.56 bits per heavy atom. The van der Waals surface area contributed by atoms with Gasteiger partial charge in [0.1, 0.15) is 23.2 Å². The van der Waals surface area contributed by atoms with Crippen LogP contribution in [0.1, 0.15) is 24.5 Å². The van der Waals surface area contributed by atoms with E-state index in [0.29, 0.717) is 37.8 Å². The van der Waals surface area contributed by atoms with Crippen molar-refractivity contribution in [1.29, 1.82) is 0 Å². The van der Waals surface area contributed by atoms with Gasteiger partial charge in [0, 0.05) is 18.7 Å². The number of carbonyl (C=O) groups is 1. The van der Waals surface area contributed by atoms with Crippen molar-refractivity contribution in [1.82, 2.24) is 14.7 Å². The second-order valence-electron chi connectivity index (χ2n) is 6.18. The van der Waals surface area contributed by atoms with Crippen LogP contribution < -0.4 is 11.3 Å². The Bertz CT molecular complexity index is 849. The van der Waals surface area contributed by atoms with Crippen LogP contribution in [0, 0.1) is 13.8 Å². The summed E-state index contributed by atoms with van der Waals surface area (Å²) in [5.74, 6) is 1.25. The zero-order valence-electron chi connectivity index (χ0n) is 14.6. The molecule has 8 nitrogen and oxygen atoms in total. The maximum atomic E-state index is 12.7. The van der Waals surface area contributed by atoms with Gasteiger partial charge in [-0.15, -0.1) is 0 Å². The number of nitrogens with zero attached hydrogens (tertiary/aromatic N) is 3. The second-order valence-corrected chi connectivity index (χ2v) is 6.18. The van der Waals surface area contributed by atoms with Crippen molar-refractivity contribution in [3.8, 4) is 11.3 Å². The van der Waals surface area contributed by atoms with Gasteiger partial charge in [0.25, 0.3) is 5.56 Å². The molecule has 1 aliphatic heterocycles. The van der Waals surface area contributed by atoms with E-state index in [1.54, 1.807) is 11.8 Å². The van der Waals surface area contributed by atoms with Crippen LogP contribution >= 0.6 is 0 Å². The molecule has 0 aliphatic carbocycles. The molecule has 2 aromatic heterocycles. The van der Waals surface area contributed by atoms with Crippen molar-refractivity contribution in [3.05, 3.63) is 34.0 Å². The number of morpholine rings is 1. The van der Waals surface area contributed by atoms with Crippen molar-refractivity contribution in [2.24, 2.45) is 0 Å². The van der Waals surface area contributed by atoms with E-state index in [-0.39, 0.29) is 11.6 Å². The number of nitrogens with two attached hydrogens (primary N) is 1. The van der Waals surface area contributed by atoms with E-state index in [0.717, 1.165) is 16.0 Å². The van der Waals surface area contributed by atoms with Crippen molar-refractivity contribution in [2.45, 2.75) is 26.8 Å². The van der Waals surface area contributed by atoms with E-state index in [2.05, 4.69) is 5.10 Å². The number of rotatable bonds is 3. The Morgan fingerprint density at radius 1 is 1.28 bits per heavy atom. The molecule has 25 heavy (non-hydrogen) atoms. The molecule has 2 N–H and O–H groups in total. The van der Waals surface area contributed by atoms with Crippen LogP contribution in [-0.2, 0) is 9.53 Å². The van der Waals surface area contributed by atoms with Crippen LogP contribution in [0.25, 0.3) is 11.3 Å². The minimum Gasteiger partial charge on any atom is -0.466 e. The molecule has 1 saturated heterocycles. The third kappa shape index (κ3) is 3.30. The summed E-state index contributed by atoms with van der Waals surface area (Å²) in [6, 6.07) is 2.60. The maximum Gasteiger partial charge on any atom is 0.290 e. The number of ether oxygens (including phenoxy) is 1. The number of nitrogen functional groups attached to an aromatic ring is 1. The number of aryl methyl sites for hydroxylation is 2. The molecule has 2 aromatic rings. The van der Waals surface area contributed by atoms with Crippen LogP contribution in [0.3, 0.4) is 0 Å². The van der Waals surface area contributed by atoms with E-state index < -0.39 is 11.6 Å². The van der Waals surface area contributed by atoms with E-state index in [1.165, 1.54) is 6.07 Å². The zero-order valence-corrected chi connectivity index (χ0v) is 14.6. The predicted octanol–water partition coefficient (Wildman–Crippen LogP) is 1.12. The molecule has 0 aromatic carbocycles. The minimum atomic E-state index is -0.749. The van der Waals surface area contributed by atoms with Gasteiger partial charge in [-0.3, -0.25) is 9.59 Å². The summed E-state index contributed by atoms with van der Waals surface area (Å²) in [5.41, 5.74) is 6.71. The van der Waals surface area contributed by atoms with Crippen LogP contribution in [0.2, 0.25) is 0 Å². The molecule has 0 saturated carbocycles. The fourth-order valence-electron chi connectivity index (χ4n) is 2.96. The smallest absolute Gasteiger partial charge is 0.290 e. The highest BCUT2D eigenvalue weighted by Crippen LogP contribution is 2.25. The average molecular weight is 346 g/mol. The number of amides is 1. The predicted molar refractivity (Wildman–Crippen MR) is 92.2 cm³/mol. The van der Waals surface area contributed by atoms with Crippen molar-refractivity contribution >= 4 is 11.6 Å². The van der Waals surface area contributed by atoms with Gasteiger partial charge in [-0.2, -0.15) is 5.10 Å². The largest absolute Gasteiger partial charge is 0.466 e. The van der Waals surface area contributed by atoms with Crippen LogP contribution in [-0.4, -0.2) is 46.9 Å². The summed E-state index contributed by atoms with van der Waals surface area (Å²) in [6.07, 6.45) is 0. The van der Waals surface area contributed by atoms with Crippen LogP contribution in [0.5, 0.6) is 0 Å². The number of carbonyl (C=O) groups excluding carboxylic acids is 1. The Hall–Kier alpha value is -2.61. The van der Waals surface area contributed by atoms with Gasteiger partial charge >= 0.3 is 0 Å². The molecule has 8 heteroatoms. The first-order valence-corrected chi connectivity index (χ1v) is 8.21. The van der Waals surface area contributed by atoms with Crippen molar-refractivity contribution in [2.75, 3.05) is 32.0 Å². The first-order valence-electron chi connectivity index (χ1n) is 8.21. The topological polar surface area (TPSA) is 104 Å². The summed E-state index contributed by atoms with van der Waals surface area (Å²) in [4.78, 5) is 26.8. The molecular formula is C17H22N4O4. The van der Waals surface area contributed by atoms with Gasteiger partial charge in [0.15, 0.2) is 0 Å². The maximum absolute atomic E-state index is 12.7. The summed E-state index contributed by atoms with van der Waals surface area (Å²) in [7, 11) is 0. The van der Waals surface area contributed by atoms with Crippen LogP contribution in [0.15, 0.2) is 21.3 Å². The second kappa shape index (κ2) is 6.72. The molecule has 1 aliphatic rings. The number of anilines is 1. The molecule has 134 valence electrons. The summed E-state index contributed by atoms with van der Waals surface area (Å²) in [5, 5.41) is 4.38. The lowest BCUT2D eigenvalue weighted by atomic mass is 10.1. The van der Waals surface area contributed by atoms with Gasteiger partial charge < -0.3 is 19.8 Å². The number of hydrogen-bond donors (Lipinski definition) is 1. The monoisotopic (exact) mass is 346 g/mol. The Balaban J connectivity index is 1.99. The number of hydrogen-bond acceptors (Lipinski definition) is 6. The molecule has 3 heterocycles. The highest BCUT2D eigenvalue weighted by atomic mass is 16.5. The number of aromatic nitrogens is 2. The van der Waals surface area contributed by atoms with Gasteiger partial charge in [-0.1, -0.05) is 0 Å². The molecule has 1 amide bonds. The standard InChI is InChI=1S/C17H22N4O4/c1-10-8-13(12(3)25-10)15-9-14(18)17(23)21(19-15)11(2)16(22)20-4-6-24-7-5-20/h8-9,11H,4-7,18H2,1-3H3/t11-/m0/s1.